The number of hydrogen-bond acceptors (Lipinski definition) is 11. The van der Waals surface area contributed by atoms with Crippen LogP contribution in [0.1, 0.15) is 91.9 Å². The molecule has 0 spiro atoms. The van der Waals surface area contributed by atoms with Crippen LogP contribution in [-0.4, -0.2) is 83.1 Å². The van der Waals surface area contributed by atoms with E-state index in [1.54, 1.807) is 12.2 Å². The molecule has 264 valence electrons. The molecule has 0 aromatic rings. The van der Waals surface area contributed by atoms with E-state index in [1.807, 2.05) is 25.2 Å². The summed E-state index contributed by atoms with van der Waals surface area (Å²) in [6.45, 7) is 7.33. The number of allylic oxidation sites excluding steroid dienone is 6. The Labute approximate surface area is 282 Å². The lowest BCUT2D eigenvalue weighted by Gasteiger charge is -2.30. The fourth-order valence-electron chi connectivity index (χ4n) is 5.45. The van der Waals surface area contributed by atoms with Crippen molar-refractivity contribution in [3.05, 3.63) is 59.4 Å². The number of epoxide rings is 1. The van der Waals surface area contributed by atoms with Crippen LogP contribution >= 0.6 is 0 Å². The van der Waals surface area contributed by atoms with Gasteiger partial charge in [-0.3, -0.25) is 19.9 Å². The van der Waals surface area contributed by atoms with Crippen LogP contribution in [0.5, 0.6) is 0 Å². The first-order valence-corrected chi connectivity index (χ1v) is 16.8. The van der Waals surface area contributed by atoms with Crippen LogP contribution in [0.15, 0.2) is 64.4 Å². The smallest absolute Gasteiger partial charge is 0.414 e. The van der Waals surface area contributed by atoms with E-state index in [4.69, 9.17) is 18.9 Å². The largest absolute Gasteiger partial charge is 0.465 e. The maximum absolute atomic E-state index is 13.0. The number of fused-ring (bicyclic) bond motifs is 2. The fraction of sp³-hybridized carbons (Fsp3) is 0.583. The first kappa shape index (κ1) is 38.6. The second-order valence-electron chi connectivity index (χ2n) is 12.4. The zero-order valence-corrected chi connectivity index (χ0v) is 28.4. The molecule has 2 bridgehead atoms. The second-order valence-corrected chi connectivity index (χ2v) is 12.4. The zero-order chi connectivity index (χ0) is 35.1. The van der Waals surface area contributed by atoms with Gasteiger partial charge in [-0.15, -0.1) is 0 Å². The number of aliphatic imine (C=N–C) groups is 1. The first-order valence-electron chi connectivity index (χ1n) is 16.8. The molecular weight excluding hydrogens is 620 g/mol. The molecular formula is C36H50N2O10. The third-order valence-corrected chi connectivity index (χ3v) is 8.08. The third kappa shape index (κ3) is 13.3. The van der Waals surface area contributed by atoms with E-state index in [1.165, 1.54) is 18.2 Å². The average molecular weight is 671 g/mol. The van der Waals surface area contributed by atoms with E-state index >= 15 is 0 Å². The van der Waals surface area contributed by atoms with Gasteiger partial charge >= 0.3 is 18.0 Å². The fourth-order valence-corrected chi connectivity index (χ4v) is 5.45. The molecule has 0 radical (unpaired) electrons. The van der Waals surface area contributed by atoms with Gasteiger partial charge in [0, 0.05) is 31.6 Å². The summed E-state index contributed by atoms with van der Waals surface area (Å²) in [7, 11) is 0. The lowest BCUT2D eigenvalue weighted by atomic mass is 9.96. The molecule has 3 heterocycles. The molecule has 12 nitrogen and oxygen atoms in total. The number of hydrogen-bond donors (Lipinski definition) is 3. The molecule has 1 saturated heterocycles. The molecule has 3 aliphatic heterocycles. The van der Waals surface area contributed by atoms with Crippen LogP contribution in [-0.2, 0) is 33.3 Å². The number of alkyl carbamates (subject to hydrolysis) is 1. The average Bonchev–Trinajstić information content (AvgIpc) is 3.72. The maximum Gasteiger partial charge on any atom is 0.414 e. The number of carbonyl (C=O) groups excluding carboxylic acids is 4. The summed E-state index contributed by atoms with van der Waals surface area (Å²) in [6, 6.07) is 0. The summed E-state index contributed by atoms with van der Waals surface area (Å²) in [5, 5.41) is 24.2. The van der Waals surface area contributed by atoms with Crippen molar-refractivity contribution < 1.29 is 48.3 Å². The predicted molar refractivity (Wildman–Crippen MR) is 179 cm³/mol. The number of ether oxygens (including phenoxy) is 4. The van der Waals surface area contributed by atoms with Gasteiger partial charge in [-0.1, -0.05) is 62.5 Å². The van der Waals surface area contributed by atoms with Crippen molar-refractivity contribution in [2.24, 2.45) is 4.99 Å². The van der Waals surface area contributed by atoms with Gasteiger partial charge in [0.05, 0.1) is 18.4 Å². The molecule has 1 fully saturated rings. The number of nitrogens with zero attached hydrogens (tertiary/aromatic N) is 1. The topological polar surface area (TPSA) is 173 Å². The molecule has 0 aliphatic carbocycles. The molecule has 6 atom stereocenters. The molecule has 0 aromatic heterocycles. The van der Waals surface area contributed by atoms with Crippen LogP contribution < -0.4 is 5.32 Å². The van der Waals surface area contributed by atoms with Crippen molar-refractivity contribution in [1.82, 2.24) is 5.32 Å². The number of amides is 2. The zero-order valence-electron chi connectivity index (χ0n) is 28.4. The van der Waals surface area contributed by atoms with E-state index in [0.29, 0.717) is 25.7 Å². The maximum atomic E-state index is 13.0. The van der Waals surface area contributed by atoms with Gasteiger partial charge in [0.1, 0.15) is 18.3 Å². The van der Waals surface area contributed by atoms with Gasteiger partial charge in [-0.25, -0.2) is 9.59 Å². The van der Waals surface area contributed by atoms with Crippen molar-refractivity contribution in [3.8, 4) is 0 Å². The highest BCUT2D eigenvalue weighted by Gasteiger charge is 2.53. The molecule has 12 heteroatoms. The number of carbonyl (C=O) groups is 4. The minimum atomic E-state index is -1.76. The van der Waals surface area contributed by atoms with E-state index in [9.17, 15) is 29.4 Å². The molecule has 48 heavy (non-hydrogen) atoms. The van der Waals surface area contributed by atoms with Gasteiger partial charge < -0.3 is 29.2 Å². The van der Waals surface area contributed by atoms with Gasteiger partial charge in [0.15, 0.2) is 12.2 Å². The quantitative estimate of drug-likeness (QED) is 0.0808. The van der Waals surface area contributed by atoms with E-state index < -0.39 is 54.6 Å². The molecule has 6 unspecified atom stereocenters. The monoisotopic (exact) mass is 670 g/mol. The van der Waals surface area contributed by atoms with Gasteiger partial charge in [-0.2, -0.15) is 0 Å². The van der Waals surface area contributed by atoms with Gasteiger partial charge in [0.25, 0.3) is 0 Å². The normalized spacial score (nSPS) is 26.6. The van der Waals surface area contributed by atoms with Crippen molar-refractivity contribution in [2.45, 2.75) is 129 Å². The Balaban J connectivity index is 1.74. The predicted octanol–water partition coefficient (Wildman–Crippen LogP) is 4.85. The van der Waals surface area contributed by atoms with Crippen molar-refractivity contribution in [2.75, 3.05) is 6.61 Å². The minimum Gasteiger partial charge on any atom is -0.465 e. The highest BCUT2D eigenvalue weighted by atomic mass is 16.7. The van der Waals surface area contributed by atoms with E-state index in [-0.39, 0.29) is 19.0 Å². The van der Waals surface area contributed by atoms with E-state index in [2.05, 4.69) is 11.9 Å². The Bertz CT molecular complexity index is 1330. The van der Waals surface area contributed by atoms with Crippen LogP contribution in [0.2, 0.25) is 0 Å². The highest BCUT2D eigenvalue weighted by Crippen LogP contribution is 2.36. The second kappa shape index (κ2) is 19.8. The summed E-state index contributed by atoms with van der Waals surface area (Å²) in [4.78, 5) is 53.7. The number of aliphatic hydroxyl groups is 2. The number of imide groups is 1. The molecule has 0 aromatic carbocycles. The summed E-state index contributed by atoms with van der Waals surface area (Å²) >= 11 is 0. The summed E-state index contributed by atoms with van der Waals surface area (Å²) in [6.07, 6.45) is 9.84. The minimum absolute atomic E-state index is 0.0925. The Hall–Kier alpha value is -3.87. The lowest BCUT2D eigenvalue weighted by Crippen LogP contribution is -2.51. The third-order valence-electron chi connectivity index (χ3n) is 8.08. The van der Waals surface area contributed by atoms with Crippen LogP contribution in [0, 0.1) is 0 Å². The first-order chi connectivity index (χ1) is 23.0. The number of cyclic esters (lactones) is 1. The Morgan fingerprint density at radius 2 is 1.88 bits per heavy atom. The van der Waals surface area contributed by atoms with Gasteiger partial charge in [-0.05, 0) is 57.3 Å². The number of aliphatic hydroxyl groups excluding tert-OH is 2. The Morgan fingerprint density at radius 1 is 1.12 bits per heavy atom. The molecule has 3 aliphatic rings. The molecule has 3 N–H and O–H groups in total. The van der Waals surface area contributed by atoms with Crippen molar-refractivity contribution in [1.29, 1.82) is 0 Å². The summed E-state index contributed by atoms with van der Waals surface area (Å²) in [5.74, 6) is -1.84. The van der Waals surface area contributed by atoms with Crippen LogP contribution in [0.3, 0.4) is 0 Å². The Kier molecular flexibility index (Phi) is 15.9. The van der Waals surface area contributed by atoms with Crippen LogP contribution in [0.25, 0.3) is 0 Å². The highest BCUT2D eigenvalue weighted by molar-refractivity contribution is 6.00. The summed E-state index contributed by atoms with van der Waals surface area (Å²) < 4.78 is 22.2. The number of esters is 2. The molecule has 3 rings (SSSR count). The van der Waals surface area contributed by atoms with E-state index in [0.717, 1.165) is 67.7 Å². The summed E-state index contributed by atoms with van der Waals surface area (Å²) in [5.41, 5.74) is 3.89. The number of rotatable bonds is 13. The SMILES string of the molecule is CCCCCCCC(=O)OCC/C=C/C(O)C(O)C1OC(=O)/C=C\C=C\C2=C(C)CC(=N2)/C=C(/C)CCC2OC2C1OC(=O)NC(C)=O. The van der Waals surface area contributed by atoms with Gasteiger partial charge in [0.2, 0.25) is 5.91 Å². The Morgan fingerprint density at radius 3 is 2.62 bits per heavy atom. The van der Waals surface area contributed by atoms with Crippen molar-refractivity contribution in [3.63, 3.8) is 0 Å². The van der Waals surface area contributed by atoms with Crippen molar-refractivity contribution >= 4 is 29.7 Å². The molecule has 0 saturated carbocycles. The molecule has 2 amide bonds. The standard InChI is InChI=1S/C36H50N2O10/c1-5-6-7-8-9-16-30(41)45-20-13-12-15-28(40)32(43)34-35(48-36(44)37-25(4)39)33-29(46-33)19-18-23(2)21-26-22-24(3)27(38-26)14-10-11-17-31(42)47-34/h10-12,14-15,17,21,28-29,32-35,40,43H,5-9,13,16,18-20,22H2,1-4H3,(H,37,39,44)/b14-10+,15-12+,17-11-,23-21-. The van der Waals surface area contributed by atoms with Crippen LogP contribution in [0.4, 0.5) is 4.79 Å². The lowest BCUT2D eigenvalue weighted by molar-refractivity contribution is -0.166. The number of nitrogens with one attached hydrogen (secondary N) is 1. The number of unbranched alkanes of at least 4 members (excludes halogenated alkanes) is 4.